The lowest BCUT2D eigenvalue weighted by Crippen LogP contribution is -2.24. The van der Waals surface area contributed by atoms with Crippen LogP contribution in [0.25, 0.3) is 0 Å². The van der Waals surface area contributed by atoms with Gasteiger partial charge in [0.2, 0.25) is 10.0 Å². The number of carbonyl (C=O) groups is 1. The molecule has 0 aliphatic heterocycles. The molecule has 1 aromatic rings. The van der Waals surface area contributed by atoms with Gasteiger partial charge in [0, 0.05) is 6.54 Å². The maximum atomic E-state index is 12.1. The Morgan fingerprint density at radius 2 is 1.43 bits per heavy atom. The number of carboxylic acids is 1. The molecule has 0 fully saturated rings. The summed E-state index contributed by atoms with van der Waals surface area (Å²) in [6, 6.07) is 8.45. The molecule has 0 saturated carbocycles. The van der Waals surface area contributed by atoms with E-state index in [0.29, 0.717) is 11.4 Å². The van der Waals surface area contributed by atoms with Gasteiger partial charge < -0.3 is 5.11 Å². The number of rotatable bonds is 17. The highest BCUT2D eigenvalue weighted by atomic mass is 32.2. The average Bonchev–Trinajstić information content (AvgIpc) is 2.68. The van der Waals surface area contributed by atoms with Crippen molar-refractivity contribution in [3.8, 4) is 0 Å². The van der Waals surface area contributed by atoms with E-state index >= 15 is 0 Å². The number of hydrogen-bond acceptors (Lipinski definition) is 3. The first-order chi connectivity index (χ1) is 13.5. The molecule has 2 N–H and O–H groups in total. The fourth-order valence-electron chi connectivity index (χ4n) is 3.31. The van der Waals surface area contributed by atoms with Crippen molar-refractivity contribution in [2.24, 2.45) is 5.92 Å². The van der Waals surface area contributed by atoms with E-state index < -0.39 is 16.0 Å². The molecule has 0 radical (unpaired) electrons. The number of hydrogen-bond donors (Lipinski definition) is 2. The first-order valence-electron chi connectivity index (χ1n) is 10.7. The molecule has 5 nitrogen and oxygen atoms in total. The standard InChI is InChI=1S/C22H37NO4S/c1-2-3-15-20(22(24)25)16-11-8-6-4-5-7-9-14-19-23-28(26,27)21-17-12-10-13-18-21/h10,12-13,17-18,20,23H,2-9,11,14-16,19H2,1H3,(H,24,25)/t20-/m0/s1. The highest BCUT2D eigenvalue weighted by Gasteiger charge is 2.15. The molecule has 1 atom stereocenters. The Morgan fingerprint density at radius 3 is 2.00 bits per heavy atom. The van der Waals surface area contributed by atoms with Crippen LogP contribution in [0.5, 0.6) is 0 Å². The summed E-state index contributed by atoms with van der Waals surface area (Å²) in [5.74, 6) is -0.809. The second-order valence-electron chi connectivity index (χ2n) is 7.51. The third kappa shape index (κ3) is 10.8. The molecule has 0 aliphatic rings. The molecule has 0 heterocycles. The zero-order chi connectivity index (χ0) is 20.7. The molecular weight excluding hydrogens is 374 g/mol. The minimum Gasteiger partial charge on any atom is -0.481 e. The predicted molar refractivity (Wildman–Crippen MR) is 114 cm³/mol. The van der Waals surface area contributed by atoms with Crippen molar-refractivity contribution >= 4 is 16.0 Å². The monoisotopic (exact) mass is 411 g/mol. The van der Waals surface area contributed by atoms with Gasteiger partial charge in [-0.05, 0) is 31.4 Å². The number of aliphatic carboxylic acids is 1. The van der Waals surface area contributed by atoms with Crippen LogP contribution in [0.4, 0.5) is 0 Å². The van der Waals surface area contributed by atoms with Gasteiger partial charge in [0.25, 0.3) is 0 Å². The number of sulfonamides is 1. The number of unbranched alkanes of at least 4 members (excludes halogenated alkanes) is 8. The molecule has 0 unspecified atom stereocenters. The van der Waals surface area contributed by atoms with E-state index in [0.717, 1.165) is 70.6 Å². The minimum absolute atomic E-state index is 0.167. The Bertz CT molecular complexity index is 631. The topological polar surface area (TPSA) is 83.5 Å². The molecule has 1 rings (SSSR count). The highest BCUT2D eigenvalue weighted by Crippen LogP contribution is 2.18. The quantitative estimate of drug-likeness (QED) is 0.338. The van der Waals surface area contributed by atoms with Crippen molar-refractivity contribution in [1.82, 2.24) is 4.72 Å². The minimum atomic E-state index is -3.38. The molecular formula is C22H37NO4S. The molecule has 0 aliphatic carbocycles. The van der Waals surface area contributed by atoms with Gasteiger partial charge in [0.15, 0.2) is 0 Å². The van der Waals surface area contributed by atoms with Crippen LogP contribution in [0, 0.1) is 5.92 Å². The molecule has 0 spiro atoms. The summed E-state index contributed by atoms with van der Waals surface area (Å²) in [6.45, 7) is 2.57. The Labute approximate surface area is 171 Å². The Morgan fingerprint density at radius 1 is 0.893 bits per heavy atom. The lowest BCUT2D eigenvalue weighted by Gasteiger charge is -2.11. The largest absolute Gasteiger partial charge is 0.481 e. The third-order valence-electron chi connectivity index (χ3n) is 5.08. The summed E-state index contributed by atoms with van der Waals surface area (Å²) >= 11 is 0. The lowest BCUT2D eigenvalue weighted by atomic mass is 9.95. The van der Waals surface area contributed by atoms with Crippen molar-refractivity contribution in [3.63, 3.8) is 0 Å². The lowest BCUT2D eigenvalue weighted by molar-refractivity contribution is -0.142. The summed E-state index contributed by atoms with van der Waals surface area (Å²) in [6.07, 6.45) is 12.2. The van der Waals surface area contributed by atoms with E-state index in [4.69, 9.17) is 0 Å². The van der Waals surface area contributed by atoms with E-state index in [-0.39, 0.29) is 5.92 Å². The molecule has 0 saturated heterocycles. The van der Waals surface area contributed by atoms with Crippen LogP contribution < -0.4 is 4.72 Å². The van der Waals surface area contributed by atoms with Gasteiger partial charge in [-0.3, -0.25) is 4.79 Å². The SMILES string of the molecule is CCCC[C@@H](CCCCCCCCCCNS(=O)(=O)c1ccccc1)C(=O)O. The van der Waals surface area contributed by atoms with Gasteiger partial charge in [0.05, 0.1) is 10.8 Å². The van der Waals surface area contributed by atoms with Gasteiger partial charge in [-0.1, -0.05) is 82.9 Å². The van der Waals surface area contributed by atoms with Gasteiger partial charge in [0.1, 0.15) is 0 Å². The fourth-order valence-corrected chi connectivity index (χ4v) is 4.40. The number of carboxylic acid groups (broad SMARTS) is 1. The van der Waals surface area contributed by atoms with Gasteiger partial charge >= 0.3 is 5.97 Å². The molecule has 0 aromatic heterocycles. The first-order valence-corrected chi connectivity index (χ1v) is 12.2. The van der Waals surface area contributed by atoms with Gasteiger partial charge in [-0.25, -0.2) is 13.1 Å². The van der Waals surface area contributed by atoms with Crippen LogP contribution in [0.3, 0.4) is 0 Å². The molecule has 1 aromatic carbocycles. The van der Waals surface area contributed by atoms with Gasteiger partial charge in [-0.15, -0.1) is 0 Å². The maximum absolute atomic E-state index is 12.1. The van der Waals surface area contributed by atoms with Crippen molar-refractivity contribution in [3.05, 3.63) is 30.3 Å². The van der Waals surface area contributed by atoms with Crippen LogP contribution in [-0.4, -0.2) is 26.0 Å². The second kappa shape index (κ2) is 14.6. The van der Waals surface area contributed by atoms with Crippen LogP contribution >= 0.6 is 0 Å². The zero-order valence-corrected chi connectivity index (χ0v) is 18.1. The van der Waals surface area contributed by atoms with Crippen molar-refractivity contribution in [2.45, 2.75) is 88.9 Å². The maximum Gasteiger partial charge on any atom is 0.306 e. The third-order valence-corrected chi connectivity index (χ3v) is 6.56. The second-order valence-corrected chi connectivity index (χ2v) is 9.27. The summed E-state index contributed by atoms with van der Waals surface area (Å²) in [5.41, 5.74) is 0. The predicted octanol–water partition coefficient (Wildman–Crippen LogP) is 5.37. The van der Waals surface area contributed by atoms with Crippen LogP contribution in [0.1, 0.15) is 84.0 Å². The first kappa shape index (κ1) is 24.6. The smallest absolute Gasteiger partial charge is 0.306 e. The van der Waals surface area contributed by atoms with E-state index in [2.05, 4.69) is 11.6 Å². The molecule has 28 heavy (non-hydrogen) atoms. The van der Waals surface area contributed by atoms with Crippen LogP contribution in [-0.2, 0) is 14.8 Å². The van der Waals surface area contributed by atoms with Crippen molar-refractivity contribution < 1.29 is 18.3 Å². The number of nitrogens with one attached hydrogen (secondary N) is 1. The van der Waals surface area contributed by atoms with E-state index in [1.54, 1.807) is 30.3 Å². The average molecular weight is 412 g/mol. The van der Waals surface area contributed by atoms with Crippen LogP contribution in [0.15, 0.2) is 35.2 Å². The summed E-state index contributed by atoms with van der Waals surface area (Å²) in [7, 11) is -3.38. The summed E-state index contributed by atoms with van der Waals surface area (Å²) in [4.78, 5) is 11.5. The number of benzene rings is 1. The Kier molecular flexibility index (Phi) is 12.8. The zero-order valence-electron chi connectivity index (χ0n) is 17.2. The van der Waals surface area contributed by atoms with E-state index in [1.807, 2.05) is 0 Å². The normalized spacial score (nSPS) is 12.8. The van der Waals surface area contributed by atoms with Crippen molar-refractivity contribution in [1.29, 1.82) is 0 Å². The summed E-state index contributed by atoms with van der Waals surface area (Å²) in [5, 5.41) is 9.22. The molecule has 0 bridgehead atoms. The molecule has 160 valence electrons. The van der Waals surface area contributed by atoms with E-state index in [1.165, 1.54) is 6.42 Å². The Balaban J connectivity index is 1.98. The van der Waals surface area contributed by atoms with Gasteiger partial charge in [-0.2, -0.15) is 0 Å². The summed E-state index contributed by atoms with van der Waals surface area (Å²) < 4.78 is 26.8. The van der Waals surface area contributed by atoms with Crippen molar-refractivity contribution in [2.75, 3.05) is 6.54 Å². The molecule has 0 amide bonds. The highest BCUT2D eigenvalue weighted by molar-refractivity contribution is 7.89. The van der Waals surface area contributed by atoms with E-state index in [9.17, 15) is 18.3 Å². The van der Waals surface area contributed by atoms with Crippen LogP contribution in [0.2, 0.25) is 0 Å². The fraction of sp³-hybridized carbons (Fsp3) is 0.682. The molecule has 6 heteroatoms. The Hall–Kier alpha value is -1.40.